The molecule has 11 heteroatoms. The molecule has 0 bridgehead atoms. The van der Waals surface area contributed by atoms with E-state index in [2.05, 4.69) is 10.4 Å². The number of rotatable bonds is 6. The molecule has 0 spiro atoms. The monoisotopic (exact) mass is 492 g/mol. The molecule has 4 rings (SSSR count). The Bertz CT molecular complexity index is 1330. The molecule has 1 aliphatic rings. The third kappa shape index (κ3) is 4.71. The van der Waals surface area contributed by atoms with Crippen molar-refractivity contribution in [2.75, 3.05) is 19.1 Å². The molecule has 0 aliphatic carbocycles. The maximum absolute atomic E-state index is 13.9. The Labute approximate surface area is 205 Å². The summed E-state index contributed by atoms with van der Waals surface area (Å²) in [5.41, 5.74) is 2.49. The number of carbonyl (C=O) groups excluding carboxylic acids is 4. The van der Waals surface area contributed by atoms with Crippen LogP contribution in [-0.4, -0.2) is 53.9 Å². The van der Waals surface area contributed by atoms with Crippen LogP contribution >= 0.6 is 0 Å². The summed E-state index contributed by atoms with van der Waals surface area (Å²) in [7, 11) is 2.80. The number of pyridine rings is 1. The summed E-state index contributed by atoms with van der Waals surface area (Å²) < 4.78 is 24.4. The van der Waals surface area contributed by atoms with Gasteiger partial charge in [-0.3, -0.25) is 29.6 Å². The number of benzene rings is 2. The van der Waals surface area contributed by atoms with E-state index in [1.54, 1.807) is 6.07 Å². The summed E-state index contributed by atoms with van der Waals surface area (Å²) in [5, 5.41) is 0.747. The molecule has 3 aromatic rings. The van der Waals surface area contributed by atoms with Gasteiger partial charge in [0.2, 0.25) is 5.91 Å². The van der Waals surface area contributed by atoms with Gasteiger partial charge in [0.1, 0.15) is 23.4 Å². The Morgan fingerprint density at radius 2 is 1.83 bits per heavy atom. The van der Waals surface area contributed by atoms with E-state index in [1.807, 2.05) is 0 Å². The maximum Gasteiger partial charge on any atom is 0.273 e. The Kier molecular flexibility index (Phi) is 6.91. The average Bonchev–Trinajstić information content (AvgIpc) is 3.19. The van der Waals surface area contributed by atoms with Crippen molar-refractivity contribution in [2.45, 2.75) is 12.5 Å². The number of hydrogen-bond acceptors (Lipinski definition) is 7. The average molecular weight is 492 g/mol. The van der Waals surface area contributed by atoms with Gasteiger partial charge in [0, 0.05) is 24.0 Å². The van der Waals surface area contributed by atoms with Gasteiger partial charge in [-0.2, -0.15) is 0 Å². The SMILES string of the molecule is COc1ccc(OC)c(N2C(=O)CC(N(NC(=O)c3cccnc3)C(=O)c3cccc(F)c3)C2=O)c1. The highest BCUT2D eigenvalue weighted by atomic mass is 19.1. The zero-order chi connectivity index (χ0) is 25.8. The molecule has 4 amide bonds. The highest BCUT2D eigenvalue weighted by Crippen LogP contribution is 2.36. The minimum atomic E-state index is -1.41. The van der Waals surface area contributed by atoms with Gasteiger partial charge in [-0.25, -0.2) is 14.3 Å². The summed E-state index contributed by atoms with van der Waals surface area (Å²) >= 11 is 0. The molecular formula is C25H21FN4O6. The predicted molar refractivity (Wildman–Crippen MR) is 125 cm³/mol. The van der Waals surface area contributed by atoms with Crippen LogP contribution in [0.25, 0.3) is 0 Å². The number of imide groups is 1. The number of nitrogens with zero attached hydrogens (tertiary/aromatic N) is 3. The van der Waals surface area contributed by atoms with Crippen molar-refractivity contribution in [3.63, 3.8) is 0 Å². The van der Waals surface area contributed by atoms with Gasteiger partial charge < -0.3 is 9.47 Å². The van der Waals surface area contributed by atoms with Crippen molar-refractivity contribution >= 4 is 29.3 Å². The van der Waals surface area contributed by atoms with Crippen molar-refractivity contribution in [3.05, 3.63) is 83.9 Å². The molecule has 1 fully saturated rings. The highest BCUT2D eigenvalue weighted by molar-refractivity contribution is 6.24. The summed E-state index contributed by atoms with van der Waals surface area (Å²) in [6.45, 7) is 0. The second-order valence-corrected chi connectivity index (χ2v) is 7.69. The van der Waals surface area contributed by atoms with E-state index in [-0.39, 0.29) is 22.6 Å². The van der Waals surface area contributed by atoms with Crippen molar-refractivity contribution in [2.24, 2.45) is 0 Å². The fourth-order valence-electron chi connectivity index (χ4n) is 3.74. The number of hydrazine groups is 1. The van der Waals surface area contributed by atoms with Crippen molar-refractivity contribution in [3.8, 4) is 11.5 Å². The minimum Gasteiger partial charge on any atom is -0.497 e. The molecule has 1 N–H and O–H groups in total. The van der Waals surface area contributed by atoms with Gasteiger partial charge in [0.05, 0.1) is 31.9 Å². The number of hydrogen-bond donors (Lipinski definition) is 1. The highest BCUT2D eigenvalue weighted by Gasteiger charge is 2.46. The Hall–Kier alpha value is -4.80. The molecule has 2 heterocycles. The first kappa shape index (κ1) is 24.3. The van der Waals surface area contributed by atoms with Crippen molar-refractivity contribution < 1.29 is 33.0 Å². The van der Waals surface area contributed by atoms with Gasteiger partial charge in [-0.15, -0.1) is 0 Å². The number of halogens is 1. The standard InChI is InChI=1S/C25H21FN4O6/c1-35-18-8-9-21(36-2)19(12-18)29-22(31)13-20(25(29)34)30(24(33)15-5-3-7-17(26)11-15)28-23(32)16-6-4-10-27-14-16/h3-12,14,20H,13H2,1-2H3,(H,28,32). The fourth-order valence-corrected chi connectivity index (χ4v) is 3.74. The van der Waals surface area contributed by atoms with Crippen LogP contribution in [0, 0.1) is 5.82 Å². The molecule has 36 heavy (non-hydrogen) atoms. The predicted octanol–water partition coefficient (Wildman–Crippen LogP) is 2.36. The summed E-state index contributed by atoms with van der Waals surface area (Å²) in [5.74, 6) is -3.14. The van der Waals surface area contributed by atoms with Crippen LogP contribution in [0.15, 0.2) is 67.0 Å². The lowest BCUT2D eigenvalue weighted by molar-refractivity contribution is -0.122. The summed E-state index contributed by atoms with van der Waals surface area (Å²) in [6.07, 6.45) is 2.30. The summed E-state index contributed by atoms with van der Waals surface area (Å²) in [4.78, 5) is 57.5. The quantitative estimate of drug-likeness (QED) is 0.415. The first-order valence-corrected chi connectivity index (χ1v) is 10.7. The van der Waals surface area contributed by atoms with Crippen molar-refractivity contribution in [1.29, 1.82) is 0 Å². The Morgan fingerprint density at radius 1 is 1.06 bits per heavy atom. The normalized spacial score (nSPS) is 15.0. The molecule has 1 saturated heterocycles. The second-order valence-electron chi connectivity index (χ2n) is 7.69. The second kappa shape index (κ2) is 10.2. The first-order chi connectivity index (χ1) is 17.3. The van der Waals surface area contributed by atoms with Crippen LogP contribution in [0.1, 0.15) is 27.1 Å². The minimum absolute atomic E-state index is 0.109. The Balaban J connectivity index is 1.72. The van der Waals surface area contributed by atoms with Gasteiger partial charge in [-0.1, -0.05) is 6.07 Å². The Morgan fingerprint density at radius 3 is 2.50 bits per heavy atom. The lowest BCUT2D eigenvalue weighted by atomic mass is 10.1. The van der Waals surface area contributed by atoms with E-state index in [1.165, 1.54) is 63.0 Å². The molecule has 0 radical (unpaired) electrons. The lowest BCUT2D eigenvalue weighted by Crippen LogP contribution is -2.54. The van der Waals surface area contributed by atoms with Crippen molar-refractivity contribution in [1.82, 2.24) is 15.4 Å². The van der Waals surface area contributed by atoms with Crippen LogP contribution in [-0.2, 0) is 9.59 Å². The molecule has 0 saturated carbocycles. The molecule has 184 valence electrons. The molecule has 1 atom stereocenters. The molecular weight excluding hydrogens is 471 g/mol. The van der Waals surface area contributed by atoms with Gasteiger partial charge in [0.15, 0.2) is 0 Å². The van der Waals surface area contributed by atoms with Crippen LogP contribution in [0.5, 0.6) is 11.5 Å². The van der Waals surface area contributed by atoms with Gasteiger partial charge in [-0.05, 0) is 42.5 Å². The van der Waals surface area contributed by atoms with Gasteiger partial charge >= 0.3 is 0 Å². The number of carbonyl (C=O) groups is 4. The third-order valence-corrected chi connectivity index (χ3v) is 5.50. The first-order valence-electron chi connectivity index (χ1n) is 10.7. The van der Waals surface area contributed by atoms with E-state index >= 15 is 0 Å². The smallest absolute Gasteiger partial charge is 0.273 e. The molecule has 2 aromatic carbocycles. The number of anilines is 1. The summed E-state index contributed by atoms with van der Waals surface area (Å²) in [6, 6.07) is 10.9. The zero-order valence-corrected chi connectivity index (χ0v) is 19.3. The van der Waals surface area contributed by atoms with E-state index < -0.39 is 41.9 Å². The third-order valence-electron chi connectivity index (χ3n) is 5.50. The van der Waals surface area contributed by atoms with Crippen LogP contribution in [0.4, 0.5) is 10.1 Å². The van der Waals surface area contributed by atoms with Gasteiger partial charge in [0.25, 0.3) is 17.7 Å². The topological polar surface area (TPSA) is 118 Å². The molecule has 1 unspecified atom stereocenters. The van der Waals surface area contributed by atoms with Crippen LogP contribution in [0.2, 0.25) is 0 Å². The maximum atomic E-state index is 13.9. The van der Waals surface area contributed by atoms with E-state index in [4.69, 9.17) is 9.47 Å². The molecule has 1 aliphatic heterocycles. The van der Waals surface area contributed by atoms with Crippen LogP contribution < -0.4 is 19.8 Å². The van der Waals surface area contributed by atoms with E-state index in [9.17, 15) is 23.6 Å². The number of amides is 4. The number of nitrogens with one attached hydrogen (secondary N) is 1. The van der Waals surface area contributed by atoms with E-state index in [0.717, 1.165) is 22.0 Å². The lowest BCUT2D eigenvalue weighted by Gasteiger charge is -2.28. The number of methoxy groups -OCH3 is 2. The number of aromatic nitrogens is 1. The van der Waals surface area contributed by atoms with Crippen LogP contribution in [0.3, 0.4) is 0 Å². The largest absolute Gasteiger partial charge is 0.497 e. The van der Waals surface area contributed by atoms with E-state index in [0.29, 0.717) is 5.75 Å². The molecule has 10 nitrogen and oxygen atoms in total. The zero-order valence-electron chi connectivity index (χ0n) is 19.3. The number of ether oxygens (including phenoxy) is 2. The molecule has 1 aromatic heterocycles. The fraction of sp³-hybridized carbons (Fsp3) is 0.160.